The van der Waals surface area contributed by atoms with Gasteiger partial charge in [0.1, 0.15) is 11.4 Å². The third-order valence-electron chi connectivity index (χ3n) is 5.14. The Morgan fingerprint density at radius 2 is 1.83 bits per heavy atom. The Morgan fingerprint density at radius 3 is 2.41 bits per heavy atom. The second-order valence-electron chi connectivity index (χ2n) is 9.73. The van der Waals surface area contributed by atoms with Crippen molar-refractivity contribution in [2.45, 2.75) is 84.2 Å². The van der Waals surface area contributed by atoms with E-state index in [1.165, 1.54) is 0 Å². The summed E-state index contributed by atoms with van der Waals surface area (Å²) < 4.78 is 11.4. The number of alkyl carbamates (subject to hydrolysis) is 1. The normalized spacial score (nSPS) is 14.0. The van der Waals surface area contributed by atoms with Crippen LogP contribution in [0.5, 0.6) is 5.75 Å². The molecule has 5 nitrogen and oxygen atoms in total. The number of benzene rings is 1. The summed E-state index contributed by atoms with van der Waals surface area (Å²) >= 11 is 0. The van der Waals surface area contributed by atoms with Crippen molar-refractivity contribution < 1.29 is 19.1 Å². The van der Waals surface area contributed by atoms with Crippen LogP contribution in [0, 0.1) is 0 Å². The molecule has 1 amide bonds. The maximum atomic E-state index is 11.7. The minimum Gasteiger partial charge on any atom is -0.490 e. The molecule has 0 saturated carbocycles. The molecule has 6 heteroatoms. The van der Waals surface area contributed by atoms with Crippen LogP contribution < -0.4 is 10.1 Å². The molecule has 0 aliphatic heterocycles. The third-order valence-corrected chi connectivity index (χ3v) is 8.70. The van der Waals surface area contributed by atoms with Gasteiger partial charge in [-0.2, -0.15) is 0 Å². The lowest BCUT2D eigenvalue weighted by Gasteiger charge is -2.35. The number of amides is 1. The van der Waals surface area contributed by atoms with E-state index >= 15 is 0 Å². The zero-order chi connectivity index (χ0) is 22.3. The van der Waals surface area contributed by atoms with Crippen molar-refractivity contribution >= 4 is 20.5 Å². The SMILES string of the molecule is C[C@H](CCC(C)(C)[Si](C)(C)O)Oc1ccccc1/C=C/CNC(=O)OC(C)(C)C. The Kier molecular flexibility index (Phi) is 8.97. The quantitative estimate of drug-likeness (QED) is 0.498. The van der Waals surface area contributed by atoms with Crippen LogP contribution >= 0.6 is 0 Å². The zero-order valence-electron chi connectivity index (χ0n) is 19.3. The predicted octanol–water partition coefficient (Wildman–Crippen LogP) is 5.75. The number of carbonyl (C=O) groups is 1. The smallest absolute Gasteiger partial charge is 0.407 e. The molecule has 1 aromatic carbocycles. The molecule has 0 aliphatic rings. The van der Waals surface area contributed by atoms with E-state index in [1.54, 1.807) is 0 Å². The van der Waals surface area contributed by atoms with Crippen molar-refractivity contribution in [3.8, 4) is 5.75 Å². The summed E-state index contributed by atoms with van der Waals surface area (Å²) in [6, 6.07) is 7.85. The Hall–Kier alpha value is -1.79. The van der Waals surface area contributed by atoms with E-state index in [0.29, 0.717) is 6.54 Å². The van der Waals surface area contributed by atoms with Crippen molar-refractivity contribution in [3.05, 3.63) is 35.9 Å². The van der Waals surface area contributed by atoms with Crippen LogP contribution in [0.1, 0.15) is 59.9 Å². The highest BCUT2D eigenvalue weighted by Gasteiger charge is 2.37. The first-order valence-electron chi connectivity index (χ1n) is 10.3. The van der Waals surface area contributed by atoms with Crippen LogP contribution in [0.25, 0.3) is 6.08 Å². The number of ether oxygens (including phenoxy) is 2. The van der Waals surface area contributed by atoms with E-state index in [0.717, 1.165) is 24.2 Å². The monoisotopic (exact) mass is 421 g/mol. The molecule has 0 saturated heterocycles. The Balaban J connectivity index is 2.62. The minimum absolute atomic E-state index is 0.0417. The summed E-state index contributed by atoms with van der Waals surface area (Å²) in [6.45, 7) is 16.2. The van der Waals surface area contributed by atoms with Gasteiger partial charge in [-0.1, -0.05) is 44.2 Å². The molecule has 1 atom stereocenters. The molecular formula is C23H39NO4Si. The molecule has 0 aliphatic carbocycles. The Bertz CT molecular complexity index is 687. The summed E-state index contributed by atoms with van der Waals surface area (Å²) in [5.41, 5.74) is 0.452. The van der Waals surface area contributed by atoms with Gasteiger partial charge >= 0.3 is 6.09 Å². The molecule has 1 rings (SSSR count). The van der Waals surface area contributed by atoms with Crippen LogP contribution in [-0.4, -0.2) is 37.5 Å². The topological polar surface area (TPSA) is 67.8 Å². The molecule has 0 aromatic heterocycles. The maximum Gasteiger partial charge on any atom is 0.407 e. The first-order valence-corrected chi connectivity index (χ1v) is 13.3. The number of nitrogens with one attached hydrogen (secondary N) is 1. The summed E-state index contributed by atoms with van der Waals surface area (Å²) in [4.78, 5) is 22.2. The van der Waals surface area contributed by atoms with Gasteiger partial charge in [-0.3, -0.25) is 0 Å². The lowest BCUT2D eigenvalue weighted by Crippen LogP contribution is -2.39. The van der Waals surface area contributed by atoms with Crippen molar-refractivity contribution in [1.29, 1.82) is 0 Å². The van der Waals surface area contributed by atoms with Gasteiger partial charge in [-0.15, -0.1) is 0 Å². The molecule has 0 unspecified atom stereocenters. The lowest BCUT2D eigenvalue weighted by molar-refractivity contribution is 0.0534. The van der Waals surface area contributed by atoms with Gasteiger partial charge in [-0.25, -0.2) is 4.79 Å². The van der Waals surface area contributed by atoms with Gasteiger partial charge in [0.2, 0.25) is 0 Å². The fourth-order valence-corrected chi connectivity index (χ4v) is 3.27. The van der Waals surface area contributed by atoms with Gasteiger partial charge < -0.3 is 19.6 Å². The Morgan fingerprint density at radius 1 is 1.21 bits per heavy atom. The first kappa shape index (κ1) is 25.2. The van der Waals surface area contributed by atoms with E-state index < -0.39 is 20.0 Å². The van der Waals surface area contributed by atoms with Crippen LogP contribution in [0.2, 0.25) is 18.1 Å². The van der Waals surface area contributed by atoms with Gasteiger partial charge in [0.05, 0.1) is 6.10 Å². The van der Waals surface area contributed by atoms with Gasteiger partial charge in [0, 0.05) is 12.1 Å². The average molecular weight is 422 g/mol. The van der Waals surface area contributed by atoms with Gasteiger partial charge in [0.15, 0.2) is 8.32 Å². The molecular weight excluding hydrogens is 382 g/mol. The average Bonchev–Trinajstić information content (AvgIpc) is 2.56. The van der Waals surface area contributed by atoms with Crippen LogP contribution in [0.15, 0.2) is 30.3 Å². The third kappa shape index (κ3) is 9.50. The largest absolute Gasteiger partial charge is 0.490 e. The molecule has 29 heavy (non-hydrogen) atoms. The van der Waals surface area contributed by atoms with Crippen molar-refractivity contribution in [1.82, 2.24) is 5.32 Å². The van der Waals surface area contributed by atoms with Crippen molar-refractivity contribution in [3.63, 3.8) is 0 Å². The second-order valence-corrected chi connectivity index (χ2v) is 14.2. The predicted molar refractivity (Wildman–Crippen MR) is 123 cm³/mol. The zero-order valence-corrected chi connectivity index (χ0v) is 20.3. The van der Waals surface area contributed by atoms with E-state index in [-0.39, 0.29) is 11.1 Å². The summed E-state index contributed by atoms with van der Waals surface area (Å²) in [6.07, 6.45) is 5.22. The van der Waals surface area contributed by atoms with E-state index in [1.807, 2.05) is 70.3 Å². The van der Waals surface area contributed by atoms with Gasteiger partial charge in [0.25, 0.3) is 0 Å². The Labute approximate surface area is 177 Å². The molecule has 0 spiro atoms. The van der Waals surface area contributed by atoms with E-state index in [2.05, 4.69) is 26.1 Å². The van der Waals surface area contributed by atoms with Crippen LogP contribution in [0.3, 0.4) is 0 Å². The number of hydrogen-bond acceptors (Lipinski definition) is 4. The summed E-state index contributed by atoms with van der Waals surface area (Å²) in [5.74, 6) is 0.812. The summed E-state index contributed by atoms with van der Waals surface area (Å²) in [5, 5.41) is 2.65. The molecule has 1 aromatic rings. The second kappa shape index (κ2) is 10.3. The molecule has 164 valence electrons. The fraction of sp³-hybridized carbons (Fsp3) is 0.609. The summed E-state index contributed by atoms with van der Waals surface area (Å²) in [7, 11) is -2.21. The molecule has 0 bridgehead atoms. The van der Waals surface area contributed by atoms with E-state index in [9.17, 15) is 9.59 Å². The first-order chi connectivity index (χ1) is 13.2. The highest BCUT2D eigenvalue weighted by atomic mass is 28.4. The molecule has 0 radical (unpaired) electrons. The fourth-order valence-electron chi connectivity index (χ4n) is 2.51. The van der Waals surface area contributed by atoms with E-state index in [4.69, 9.17) is 9.47 Å². The molecule has 0 fully saturated rings. The van der Waals surface area contributed by atoms with Crippen molar-refractivity contribution in [2.24, 2.45) is 0 Å². The highest BCUT2D eigenvalue weighted by Crippen LogP contribution is 2.40. The minimum atomic E-state index is -2.21. The highest BCUT2D eigenvalue weighted by molar-refractivity contribution is 6.72. The number of carbonyl (C=O) groups excluding carboxylic acids is 1. The maximum absolute atomic E-state index is 11.7. The lowest BCUT2D eigenvalue weighted by atomic mass is 10.0. The number of para-hydroxylation sites is 1. The standard InChI is InChI=1S/C23H39NO4Si/c1-18(15-16-23(5,6)29(7,8)26)27-20-14-10-9-12-19(20)13-11-17-24-21(25)28-22(2,3)4/h9-14,18,26H,15-17H2,1-8H3,(H,24,25)/b13-11+/t18-/m1/s1. The van der Waals surface area contributed by atoms with Crippen molar-refractivity contribution in [2.75, 3.05) is 6.54 Å². The van der Waals surface area contributed by atoms with Crippen LogP contribution in [-0.2, 0) is 4.74 Å². The molecule has 0 heterocycles. The van der Waals surface area contributed by atoms with Crippen LogP contribution in [0.4, 0.5) is 4.79 Å². The number of hydrogen-bond donors (Lipinski definition) is 2. The molecule has 2 N–H and O–H groups in total. The van der Waals surface area contributed by atoms with Gasteiger partial charge in [-0.05, 0) is 64.7 Å². The number of rotatable bonds is 9.